The van der Waals surface area contributed by atoms with Crippen LogP contribution in [-0.4, -0.2) is 16.3 Å². The van der Waals surface area contributed by atoms with Gasteiger partial charge in [-0.15, -0.1) is 0 Å². The molecule has 1 unspecified atom stereocenters. The van der Waals surface area contributed by atoms with Gasteiger partial charge in [-0.3, -0.25) is 4.68 Å². The Kier molecular flexibility index (Phi) is 4.78. The maximum Gasteiger partial charge on any atom is 0.126 e. The highest BCUT2D eigenvalue weighted by Gasteiger charge is 2.21. The van der Waals surface area contributed by atoms with Crippen molar-refractivity contribution in [1.82, 2.24) is 15.1 Å². The second-order valence-electron chi connectivity index (χ2n) is 4.90. The predicted molar refractivity (Wildman–Crippen MR) is 79.5 cm³/mol. The molecule has 0 saturated carbocycles. The highest BCUT2D eigenvalue weighted by molar-refractivity contribution is 6.31. The number of benzene rings is 1. The molecule has 0 aliphatic heterocycles. The monoisotopic (exact) mass is 295 g/mol. The van der Waals surface area contributed by atoms with E-state index in [1.807, 2.05) is 13.1 Å². The average molecular weight is 296 g/mol. The average Bonchev–Trinajstić information content (AvgIpc) is 2.75. The van der Waals surface area contributed by atoms with Crippen molar-refractivity contribution in [3.63, 3.8) is 0 Å². The third kappa shape index (κ3) is 3.02. The second kappa shape index (κ2) is 6.37. The van der Waals surface area contributed by atoms with Crippen molar-refractivity contribution in [3.05, 3.63) is 52.1 Å². The van der Waals surface area contributed by atoms with Crippen molar-refractivity contribution in [2.24, 2.45) is 7.05 Å². The van der Waals surface area contributed by atoms with Crippen LogP contribution in [0.3, 0.4) is 0 Å². The van der Waals surface area contributed by atoms with Gasteiger partial charge in [-0.05, 0) is 37.1 Å². The first-order chi connectivity index (χ1) is 9.54. The molecule has 3 nitrogen and oxygen atoms in total. The maximum absolute atomic E-state index is 13.8. The fourth-order valence-corrected chi connectivity index (χ4v) is 2.47. The molecule has 5 heteroatoms. The third-order valence-corrected chi connectivity index (χ3v) is 3.63. The molecule has 1 heterocycles. The summed E-state index contributed by atoms with van der Waals surface area (Å²) in [5.41, 5.74) is 2.34. The van der Waals surface area contributed by atoms with Gasteiger partial charge < -0.3 is 5.32 Å². The van der Waals surface area contributed by atoms with E-state index in [0.717, 1.165) is 24.2 Å². The van der Waals surface area contributed by atoms with E-state index >= 15 is 0 Å². The maximum atomic E-state index is 13.8. The lowest BCUT2D eigenvalue weighted by Gasteiger charge is -2.20. The van der Waals surface area contributed by atoms with Gasteiger partial charge in [0.05, 0.1) is 23.0 Å². The van der Waals surface area contributed by atoms with E-state index in [1.54, 1.807) is 29.9 Å². The van der Waals surface area contributed by atoms with Gasteiger partial charge in [0.1, 0.15) is 5.82 Å². The van der Waals surface area contributed by atoms with Crippen molar-refractivity contribution < 1.29 is 4.39 Å². The fraction of sp³-hybridized carbons (Fsp3) is 0.400. The van der Waals surface area contributed by atoms with Crippen LogP contribution in [-0.2, 0) is 7.05 Å². The van der Waals surface area contributed by atoms with Crippen LogP contribution in [0, 0.1) is 12.7 Å². The lowest BCUT2D eigenvalue weighted by molar-refractivity contribution is 0.547. The number of aromatic nitrogens is 2. The van der Waals surface area contributed by atoms with E-state index < -0.39 is 0 Å². The van der Waals surface area contributed by atoms with E-state index in [4.69, 9.17) is 11.6 Å². The summed E-state index contributed by atoms with van der Waals surface area (Å²) in [5.74, 6) is -0.205. The van der Waals surface area contributed by atoms with Gasteiger partial charge >= 0.3 is 0 Å². The lowest BCUT2D eigenvalue weighted by atomic mass is 10.0. The Hall–Kier alpha value is -1.39. The summed E-state index contributed by atoms with van der Waals surface area (Å²) in [6, 6.07) is 5.11. The molecule has 2 rings (SSSR count). The molecule has 1 aromatic carbocycles. The molecule has 20 heavy (non-hydrogen) atoms. The predicted octanol–water partition coefficient (Wildman–Crippen LogP) is 3.61. The molecule has 0 aliphatic carbocycles. The summed E-state index contributed by atoms with van der Waals surface area (Å²) in [6.45, 7) is 4.66. The van der Waals surface area contributed by atoms with Crippen LogP contribution in [0.15, 0.2) is 24.4 Å². The zero-order valence-corrected chi connectivity index (χ0v) is 12.7. The van der Waals surface area contributed by atoms with Gasteiger partial charge in [-0.25, -0.2) is 4.39 Å². The Labute approximate surface area is 123 Å². The van der Waals surface area contributed by atoms with E-state index in [9.17, 15) is 4.39 Å². The van der Waals surface area contributed by atoms with Crippen LogP contribution < -0.4 is 5.32 Å². The molecule has 0 amide bonds. The fourth-order valence-electron chi connectivity index (χ4n) is 2.19. The quantitative estimate of drug-likeness (QED) is 0.913. The summed E-state index contributed by atoms with van der Waals surface area (Å²) in [6.07, 6.45) is 2.60. The summed E-state index contributed by atoms with van der Waals surface area (Å²) in [4.78, 5) is 0. The zero-order valence-electron chi connectivity index (χ0n) is 12.0. The van der Waals surface area contributed by atoms with Crippen LogP contribution in [0.5, 0.6) is 0 Å². The topological polar surface area (TPSA) is 29.9 Å². The van der Waals surface area contributed by atoms with Gasteiger partial charge in [0, 0.05) is 7.05 Å². The number of nitrogens with one attached hydrogen (secondary N) is 1. The summed E-state index contributed by atoms with van der Waals surface area (Å²) in [5, 5.41) is 8.15. The van der Waals surface area contributed by atoms with Crippen LogP contribution in [0.25, 0.3) is 0 Å². The zero-order chi connectivity index (χ0) is 14.7. The van der Waals surface area contributed by atoms with Crippen molar-refractivity contribution in [2.75, 3.05) is 6.54 Å². The van der Waals surface area contributed by atoms with Crippen LogP contribution in [0.4, 0.5) is 4.39 Å². The van der Waals surface area contributed by atoms with E-state index in [1.165, 1.54) is 0 Å². The first-order valence-electron chi connectivity index (χ1n) is 6.71. The molecule has 1 atom stereocenters. The van der Waals surface area contributed by atoms with Crippen molar-refractivity contribution in [1.29, 1.82) is 0 Å². The number of halogens is 2. The molecule has 0 fully saturated rings. The smallest absolute Gasteiger partial charge is 0.126 e. The molecule has 0 spiro atoms. The third-order valence-electron chi connectivity index (χ3n) is 3.34. The van der Waals surface area contributed by atoms with Crippen molar-refractivity contribution in [2.45, 2.75) is 26.3 Å². The number of nitrogens with zero attached hydrogens (tertiary/aromatic N) is 2. The standard InChI is InChI=1S/C15H19ClFN3/c1-4-7-18-14(15-12(16)9-19-20(15)3)11-6-5-10(2)13(17)8-11/h5-6,8-9,14,18H,4,7H2,1-3H3. The minimum absolute atomic E-state index is 0.162. The normalized spacial score (nSPS) is 12.7. The highest BCUT2D eigenvalue weighted by atomic mass is 35.5. The summed E-state index contributed by atoms with van der Waals surface area (Å²) in [7, 11) is 1.84. The largest absolute Gasteiger partial charge is 0.305 e. The summed E-state index contributed by atoms with van der Waals surface area (Å²) >= 11 is 6.22. The van der Waals surface area contributed by atoms with E-state index in [-0.39, 0.29) is 11.9 Å². The summed E-state index contributed by atoms with van der Waals surface area (Å²) < 4.78 is 15.6. The van der Waals surface area contributed by atoms with E-state index in [0.29, 0.717) is 10.6 Å². The van der Waals surface area contributed by atoms with Gasteiger partial charge in [-0.2, -0.15) is 5.10 Å². The first-order valence-corrected chi connectivity index (χ1v) is 7.09. The van der Waals surface area contributed by atoms with E-state index in [2.05, 4.69) is 17.3 Å². The van der Waals surface area contributed by atoms with Crippen molar-refractivity contribution in [3.8, 4) is 0 Å². The first kappa shape index (κ1) is 15.0. The minimum Gasteiger partial charge on any atom is -0.305 e. The SMILES string of the molecule is CCCNC(c1ccc(C)c(F)c1)c1c(Cl)cnn1C. The number of hydrogen-bond donors (Lipinski definition) is 1. The number of rotatable bonds is 5. The molecule has 1 aromatic heterocycles. The van der Waals surface area contributed by atoms with Gasteiger partial charge in [0.15, 0.2) is 0 Å². The molecule has 108 valence electrons. The molecule has 0 radical (unpaired) electrons. The molecule has 0 bridgehead atoms. The number of aryl methyl sites for hydroxylation is 2. The Morgan fingerprint density at radius 1 is 1.45 bits per heavy atom. The van der Waals surface area contributed by atoms with Crippen LogP contribution in [0.2, 0.25) is 5.02 Å². The number of hydrogen-bond acceptors (Lipinski definition) is 2. The molecule has 0 aliphatic rings. The second-order valence-corrected chi connectivity index (χ2v) is 5.30. The Morgan fingerprint density at radius 3 is 2.75 bits per heavy atom. The molecular weight excluding hydrogens is 277 g/mol. The Bertz CT molecular complexity index is 575. The van der Waals surface area contributed by atoms with Crippen LogP contribution >= 0.6 is 11.6 Å². The van der Waals surface area contributed by atoms with Gasteiger partial charge in [-0.1, -0.05) is 30.7 Å². The molecular formula is C15H19ClFN3. The molecule has 0 saturated heterocycles. The highest BCUT2D eigenvalue weighted by Crippen LogP contribution is 2.28. The molecule has 1 N–H and O–H groups in total. The van der Waals surface area contributed by atoms with Gasteiger partial charge in [0.25, 0.3) is 0 Å². The van der Waals surface area contributed by atoms with Crippen molar-refractivity contribution >= 4 is 11.6 Å². The lowest BCUT2D eigenvalue weighted by Crippen LogP contribution is -2.25. The minimum atomic E-state index is -0.205. The Balaban J connectivity index is 2.44. The Morgan fingerprint density at radius 2 is 2.20 bits per heavy atom. The molecule has 2 aromatic rings. The van der Waals surface area contributed by atoms with Gasteiger partial charge in [0.2, 0.25) is 0 Å². The van der Waals surface area contributed by atoms with Crippen LogP contribution in [0.1, 0.15) is 36.2 Å².